The average Bonchev–Trinajstić information content (AvgIpc) is 2.45. The summed E-state index contributed by atoms with van der Waals surface area (Å²) in [7, 11) is 1.39. The molecule has 2 N–H and O–H groups in total. The van der Waals surface area contributed by atoms with Gasteiger partial charge in [0.05, 0.1) is 19.3 Å². The van der Waals surface area contributed by atoms with Gasteiger partial charge in [0.1, 0.15) is 0 Å². The highest BCUT2D eigenvalue weighted by atomic mass is 16.5. The maximum absolute atomic E-state index is 11.4. The standard InChI is InChI=1S/C13H19N3O2/c1-18-13(17)11-3-2-4-12(9-11)15-10-16-7-5-14-6-8-16/h2-4,9,14-15H,5-8,10H2,1H3. The zero-order chi connectivity index (χ0) is 12.8. The van der Waals surface area contributed by atoms with Gasteiger partial charge in [0.15, 0.2) is 0 Å². The Hall–Kier alpha value is -1.59. The summed E-state index contributed by atoms with van der Waals surface area (Å²) >= 11 is 0. The lowest BCUT2D eigenvalue weighted by atomic mass is 10.2. The summed E-state index contributed by atoms with van der Waals surface area (Å²) in [6.45, 7) is 4.95. The van der Waals surface area contributed by atoms with Gasteiger partial charge in [-0.15, -0.1) is 0 Å². The number of piperazine rings is 1. The molecular formula is C13H19N3O2. The monoisotopic (exact) mass is 249 g/mol. The Morgan fingerprint density at radius 1 is 1.44 bits per heavy atom. The molecule has 1 fully saturated rings. The van der Waals surface area contributed by atoms with Crippen LogP contribution in [0.5, 0.6) is 0 Å². The van der Waals surface area contributed by atoms with Crippen molar-refractivity contribution in [1.82, 2.24) is 10.2 Å². The Labute approximate surface area is 107 Å². The molecule has 0 amide bonds. The van der Waals surface area contributed by atoms with Crippen molar-refractivity contribution in [2.75, 3.05) is 45.3 Å². The molecule has 0 atom stereocenters. The molecular weight excluding hydrogens is 230 g/mol. The molecule has 98 valence electrons. The number of carbonyl (C=O) groups excluding carboxylic acids is 1. The van der Waals surface area contributed by atoms with Crippen molar-refractivity contribution in [3.05, 3.63) is 29.8 Å². The fourth-order valence-corrected chi connectivity index (χ4v) is 1.95. The van der Waals surface area contributed by atoms with Crippen LogP contribution in [0.4, 0.5) is 5.69 Å². The third-order valence-corrected chi connectivity index (χ3v) is 3.00. The molecule has 2 rings (SSSR count). The quantitative estimate of drug-likeness (QED) is 0.771. The van der Waals surface area contributed by atoms with Gasteiger partial charge in [-0.2, -0.15) is 0 Å². The van der Waals surface area contributed by atoms with Gasteiger partial charge >= 0.3 is 5.97 Å². The van der Waals surface area contributed by atoms with Crippen LogP contribution in [0.15, 0.2) is 24.3 Å². The van der Waals surface area contributed by atoms with E-state index in [4.69, 9.17) is 4.74 Å². The number of nitrogens with one attached hydrogen (secondary N) is 2. The number of carbonyl (C=O) groups is 1. The van der Waals surface area contributed by atoms with Gasteiger partial charge < -0.3 is 15.4 Å². The first-order valence-electron chi connectivity index (χ1n) is 6.15. The van der Waals surface area contributed by atoms with E-state index in [-0.39, 0.29) is 5.97 Å². The van der Waals surface area contributed by atoms with Gasteiger partial charge in [-0.05, 0) is 18.2 Å². The van der Waals surface area contributed by atoms with Crippen molar-refractivity contribution in [3.63, 3.8) is 0 Å². The largest absolute Gasteiger partial charge is 0.465 e. The molecule has 0 unspecified atom stereocenters. The Bertz CT molecular complexity index is 403. The summed E-state index contributed by atoms with van der Waals surface area (Å²) in [5.41, 5.74) is 1.51. The number of anilines is 1. The van der Waals surface area contributed by atoms with Crippen molar-refractivity contribution >= 4 is 11.7 Å². The van der Waals surface area contributed by atoms with Crippen LogP contribution in [-0.2, 0) is 4.74 Å². The van der Waals surface area contributed by atoms with Crippen molar-refractivity contribution in [3.8, 4) is 0 Å². The van der Waals surface area contributed by atoms with Gasteiger partial charge in [0.25, 0.3) is 0 Å². The van der Waals surface area contributed by atoms with E-state index < -0.39 is 0 Å². The number of benzene rings is 1. The number of ether oxygens (including phenoxy) is 1. The van der Waals surface area contributed by atoms with E-state index >= 15 is 0 Å². The van der Waals surface area contributed by atoms with Crippen LogP contribution in [0.2, 0.25) is 0 Å². The highest BCUT2D eigenvalue weighted by Crippen LogP contribution is 2.11. The van der Waals surface area contributed by atoms with E-state index in [1.165, 1.54) is 7.11 Å². The normalized spacial score (nSPS) is 16.3. The van der Waals surface area contributed by atoms with Crippen LogP contribution < -0.4 is 10.6 Å². The Kier molecular flexibility index (Phi) is 4.55. The number of rotatable bonds is 4. The molecule has 1 aromatic carbocycles. The number of hydrogen-bond acceptors (Lipinski definition) is 5. The number of esters is 1. The highest BCUT2D eigenvalue weighted by Gasteiger charge is 2.09. The van der Waals surface area contributed by atoms with Crippen LogP contribution in [0.3, 0.4) is 0 Å². The second-order valence-electron chi connectivity index (χ2n) is 4.28. The second-order valence-corrected chi connectivity index (χ2v) is 4.28. The second kappa shape index (κ2) is 6.37. The topological polar surface area (TPSA) is 53.6 Å². The molecule has 1 aliphatic heterocycles. The number of nitrogens with zero attached hydrogens (tertiary/aromatic N) is 1. The van der Waals surface area contributed by atoms with Crippen LogP contribution >= 0.6 is 0 Å². The maximum atomic E-state index is 11.4. The van der Waals surface area contributed by atoms with Crippen LogP contribution in [0.25, 0.3) is 0 Å². The SMILES string of the molecule is COC(=O)c1cccc(NCN2CCNCC2)c1. The Morgan fingerprint density at radius 2 is 2.22 bits per heavy atom. The lowest BCUT2D eigenvalue weighted by Gasteiger charge is -2.27. The van der Waals surface area contributed by atoms with Gasteiger partial charge in [-0.25, -0.2) is 4.79 Å². The zero-order valence-electron chi connectivity index (χ0n) is 10.6. The lowest BCUT2D eigenvalue weighted by molar-refractivity contribution is 0.0601. The highest BCUT2D eigenvalue weighted by molar-refractivity contribution is 5.90. The molecule has 5 heteroatoms. The third kappa shape index (κ3) is 3.45. The van der Waals surface area contributed by atoms with Gasteiger partial charge in [-0.3, -0.25) is 4.90 Å². The summed E-state index contributed by atoms with van der Waals surface area (Å²) in [4.78, 5) is 13.7. The number of hydrogen-bond donors (Lipinski definition) is 2. The van der Waals surface area contributed by atoms with Gasteiger partial charge in [-0.1, -0.05) is 6.07 Å². The molecule has 18 heavy (non-hydrogen) atoms. The van der Waals surface area contributed by atoms with E-state index in [0.717, 1.165) is 38.5 Å². The molecule has 5 nitrogen and oxygen atoms in total. The van der Waals surface area contributed by atoms with E-state index in [2.05, 4.69) is 15.5 Å². The van der Waals surface area contributed by atoms with E-state index in [9.17, 15) is 4.79 Å². The summed E-state index contributed by atoms with van der Waals surface area (Å²) in [5, 5.41) is 6.64. The smallest absolute Gasteiger partial charge is 0.337 e. The average molecular weight is 249 g/mol. The summed E-state index contributed by atoms with van der Waals surface area (Å²) in [5.74, 6) is -0.305. The van der Waals surface area contributed by atoms with E-state index in [1.54, 1.807) is 6.07 Å². The van der Waals surface area contributed by atoms with Crippen molar-refractivity contribution in [2.45, 2.75) is 0 Å². The molecule has 0 bridgehead atoms. The fraction of sp³-hybridized carbons (Fsp3) is 0.462. The van der Waals surface area contributed by atoms with E-state index in [1.807, 2.05) is 18.2 Å². The van der Waals surface area contributed by atoms with Crippen LogP contribution in [0.1, 0.15) is 10.4 Å². The fourth-order valence-electron chi connectivity index (χ4n) is 1.95. The molecule has 0 radical (unpaired) electrons. The number of methoxy groups -OCH3 is 1. The van der Waals surface area contributed by atoms with Crippen LogP contribution in [0, 0.1) is 0 Å². The molecule has 0 spiro atoms. The van der Waals surface area contributed by atoms with Crippen LogP contribution in [-0.4, -0.2) is 50.8 Å². The molecule has 1 aromatic rings. The lowest BCUT2D eigenvalue weighted by Crippen LogP contribution is -2.45. The first-order valence-corrected chi connectivity index (χ1v) is 6.15. The minimum atomic E-state index is -0.305. The van der Waals surface area contributed by atoms with E-state index in [0.29, 0.717) is 5.56 Å². The van der Waals surface area contributed by atoms with Crippen molar-refractivity contribution in [1.29, 1.82) is 0 Å². The maximum Gasteiger partial charge on any atom is 0.337 e. The predicted octanol–water partition coefficient (Wildman–Crippen LogP) is 0.748. The molecule has 1 heterocycles. The zero-order valence-corrected chi connectivity index (χ0v) is 10.6. The Balaban J connectivity index is 1.90. The molecule has 1 aliphatic rings. The Morgan fingerprint density at radius 3 is 2.94 bits per heavy atom. The molecule has 1 saturated heterocycles. The van der Waals surface area contributed by atoms with Crippen molar-refractivity contribution in [2.24, 2.45) is 0 Å². The first kappa shape index (κ1) is 12.9. The molecule has 0 aliphatic carbocycles. The molecule has 0 aromatic heterocycles. The van der Waals surface area contributed by atoms with Gasteiger partial charge in [0.2, 0.25) is 0 Å². The van der Waals surface area contributed by atoms with Gasteiger partial charge in [0, 0.05) is 31.9 Å². The summed E-state index contributed by atoms with van der Waals surface area (Å²) < 4.78 is 4.70. The van der Waals surface area contributed by atoms with Crippen molar-refractivity contribution < 1.29 is 9.53 Å². The molecule has 0 saturated carbocycles. The summed E-state index contributed by atoms with van der Waals surface area (Å²) in [6.07, 6.45) is 0. The third-order valence-electron chi connectivity index (χ3n) is 3.00. The minimum Gasteiger partial charge on any atom is -0.465 e. The summed E-state index contributed by atoms with van der Waals surface area (Å²) in [6, 6.07) is 7.37. The first-order chi connectivity index (χ1) is 8.79. The minimum absolute atomic E-state index is 0.305. The predicted molar refractivity (Wildman–Crippen MR) is 70.7 cm³/mol.